The van der Waals surface area contributed by atoms with Crippen molar-refractivity contribution in [3.8, 4) is 21.1 Å². The molecule has 0 spiro atoms. The van der Waals surface area contributed by atoms with Gasteiger partial charge in [-0.15, -0.1) is 34.3 Å². The lowest BCUT2D eigenvalue weighted by Gasteiger charge is -1.99. The van der Waals surface area contributed by atoms with E-state index in [4.69, 9.17) is 16.6 Å². The van der Waals surface area contributed by atoms with Crippen molar-refractivity contribution in [1.29, 1.82) is 0 Å². The first-order valence-electron chi connectivity index (χ1n) is 6.03. The van der Waals surface area contributed by atoms with Crippen molar-refractivity contribution in [1.82, 2.24) is 4.98 Å². The van der Waals surface area contributed by atoms with Crippen LogP contribution in [0, 0.1) is 0 Å². The molecule has 0 N–H and O–H groups in total. The third-order valence-corrected chi connectivity index (χ3v) is 5.14. The van der Waals surface area contributed by atoms with E-state index in [-0.39, 0.29) is 0 Å². The van der Waals surface area contributed by atoms with Gasteiger partial charge in [0.2, 0.25) is 0 Å². The third-order valence-electron chi connectivity index (χ3n) is 2.80. The number of nitrogens with zero attached hydrogens (tertiary/aromatic N) is 1. The molecule has 0 fully saturated rings. The van der Waals surface area contributed by atoms with Crippen LogP contribution in [0.15, 0.2) is 47.8 Å². The molecule has 1 aromatic carbocycles. The van der Waals surface area contributed by atoms with E-state index in [0.717, 1.165) is 17.1 Å². The van der Waals surface area contributed by atoms with Crippen LogP contribution in [0.1, 0.15) is 4.88 Å². The number of thiophene rings is 1. The van der Waals surface area contributed by atoms with Gasteiger partial charge in [-0.3, -0.25) is 0 Å². The topological polar surface area (TPSA) is 12.9 Å². The van der Waals surface area contributed by atoms with Gasteiger partial charge in [-0.2, -0.15) is 0 Å². The summed E-state index contributed by atoms with van der Waals surface area (Å²) in [6.07, 6.45) is 0.870. The van der Waals surface area contributed by atoms with E-state index >= 15 is 0 Å². The van der Waals surface area contributed by atoms with E-state index < -0.39 is 0 Å². The van der Waals surface area contributed by atoms with Crippen LogP contribution in [0.5, 0.6) is 0 Å². The van der Waals surface area contributed by atoms with Crippen molar-refractivity contribution >= 4 is 34.3 Å². The van der Waals surface area contributed by atoms with E-state index in [9.17, 15) is 0 Å². The fraction of sp³-hybridized carbons (Fsp3) is 0.133. The second-order valence-corrected chi connectivity index (χ2v) is 6.48. The van der Waals surface area contributed by atoms with E-state index in [1.54, 1.807) is 22.7 Å². The Morgan fingerprint density at radius 2 is 1.89 bits per heavy atom. The minimum Gasteiger partial charge on any atom is -0.235 e. The highest BCUT2D eigenvalue weighted by molar-refractivity contribution is 7.21. The zero-order chi connectivity index (χ0) is 13.1. The van der Waals surface area contributed by atoms with E-state index in [1.165, 1.54) is 15.3 Å². The van der Waals surface area contributed by atoms with Crippen molar-refractivity contribution in [3.63, 3.8) is 0 Å². The second kappa shape index (κ2) is 5.87. The zero-order valence-electron chi connectivity index (χ0n) is 10.2. The fourth-order valence-corrected chi connectivity index (χ4v) is 4.12. The number of hydrogen-bond acceptors (Lipinski definition) is 3. The van der Waals surface area contributed by atoms with Gasteiger partial charge in [0.1, 0.15) is 5.01 Å². The molecule has 1 nitrogen and oxygen atoms in total. The molecule has 0 amide bonds. The van der Waals surface area contributed by atoms with Gasteiger partial charge in [0.05, 0.1) is 10.6 Å². The van der Waals surface area contributed by atoms with Crippen LogP contribution in [0.3, 0.4) is 0 Å². The highest BCUT2D eigenvalue weighted by Gasteiger charge is 2.14. The molecule has 19 heavy (non-hydrogen) atoms. The van der Waals surface area contributed by atoms with Crippen LogP contribution >= 0.6 is 34.3 Å². The number of benzene rings is 1. The maximum Gasteiger partial charge on any atom is 0.134 e. The third kappa shape index (κ3) is 2.73. The van der Waals surface area contributed by atoms with Crippen molar-refractivity contribution in [2.24, 2.45) is 0 Å². The van der Waals surface area contributed by atoms with Gasteiger partial charge in [0.15, 0.2) is 0 Å². The van der Waals surface area contributed by atoms with Crippen LogP contribution in [0.4, 0.5) is 0 Å². The zero-order valence-corrected chi connectivity index (χ0v) is 12.6. The first kappa shape index (κ1) is 12.9. The summed E-state index contributed by atoms with van der Waals surface area (Å²) in [5.74, 6) is 0.631. The molecule has 2 heterocycles. The summed E-state index contributed by atoms with van der Waals surface area (Å²) in [5.41, 5.74) is 2.25. The van der Waals surface area contributed by atoms with Crippen LogP contribution in [0.25, 0.3) is 21.1 Å². The summed E-state index contributed by atoms with van der Waals surface area (Å²) in [5, 5.41) is 3.18. The Hall–Kier alpha value is -1.16. The lowest BCUT2D eigenvalue weighted by molar-refractivity contribution is 1.18. The summed E-state index contributed by atoms with van der Waals surface area (Å²) in [6.45, 7) is 0. The maximum absolute atomic E-state index is 5.91. The van der Waals surface area contributed by atoms with Gasteiger partial charge in [0, 0.05) is 16.3 Å². The molecule has 96 valence electrons. The lowest BCUT2D eigenvalue weighted by atomic mass is 10.1. The standard InChI is InChI=1S/C15H12ClNS2/c16-9-8-12-14(11-5-2-1-3-6-11)17-15(19-12)13-7-4-10-18-13/h1-7,10H,8-9H2. The van der Waals surface area contributed by atoms with Gasteiger partial charge in [-0.05, 0) is 17.9 Å². The molecule has 3 rings (SSSR count). The molecule has 4 heteroatoms. The summed E-state index contributed by atoms with van der Waals surface area (Å²) >= 11 is 9.39. The van der Waals surface area contributed by atoms with Gasteiger partial charge >= 0.3 is 0 Å². The summed E-state index contributed by atoms with van der Waals surface area (Å²) in [6, 6.07) is 14.5. The first-order chi connectivity index (χ1) is 9.38. The maximum atomic E-state index is 5.91. The Morgan fingerprint density at radius 1 is 1.05 bits per heavy atom. The lowest BCUT2D eigenvalue weighted by Crippen LogP contribution is -1.86. The number of rotatable bonds is 4. The Labute approximate surface area is 125 Å². The Bertz CT molecular complexity index is 644. The van der Waals surface area contributed by atoms with Gasteiger partial charge in [-0.1, -0.05) is 36.4 Å². The minimum absolute atomic E-state index is 0.631. The SMILES string of the molecule is ClCCc1sc(-c2cccs2)nc1-c1ccccc1. The van der Waals surface area contributed by atoms with Crippen LogP contribution in [0.2, 0.25) is 0 Å². The fourth-order valence-electron chi connectivity index (χ4n) is 1.93. The average molecular weight is 306 g/mol. The highest BCUT2D eigenvalue weighted by Crippen LogP contribution is 2.36. The molecule has 0 saturated heterocycles. The second-order valence-electron chi connectivity index (χ2n) is 4.07. The summed E-state index contributed by atoms with van der Waals surface area (Å²) in [4.78, 5) is 7.30. The normalized spacial score (nSPS) is 10.8. The summed E-state index contributed by atoms with van der Waals surface area (Å²) < 4.78 is 0. The smallest absolute Gasteiger partial charge is 0.134 e. The number of aromatic nitrogens is 1. The number of hydrogen-bond donors (Lipinski definition) is 0. The molecule has 0 aliphatic rings. The number of halogens is 1. The molecular formula is C15H12ClNS2. The van der Waals surface area contributed by atoms with Crippen LogP contribution < -0.4 is 0 Å². The van der Waals surface area contributed by atoms with Gasteiger partial charge in [-0.25, -0.2) is 4.98 Å². The highest BCUT2D eigenvalue weighted by atomic mass is 35.5. The molecule has 0 atom stereocenters. The predicted octanol–water partition coefficient (Wildman–Crippen LogP) is 5.32. The number of thiazole rings is 1. The molecular weight excluding hydrogens is 294 g/mol. The Balaban J connectivity index is 2.08. The van der Waals surface area contributed by atoms with Crippen molar-refractivity contribution < 1.29 is 0 Å². The van der Waals surface area contributed by atoms with Gasteiger partial charge < -0.3 is 0 Å². The molecule has 0 saturated carbocycles. The first-order valence-corrected chi connectivity index (χ1v) is 8.26. The molecule has 0 aliphatic carbocycles. The quantitative estimate of drug-likeness (QED) is 0.594. The molecule has 0 radical (unpaired) electrons. The molecule has 0 bridgehead atoms. The molecule has 0 unspecified atom stereocenters. The van der Waals surface area contributed by atoms with Crippen molar-refractivity contribution in [3.05, 3.63) is 52.7 Å². The summed E-state index contributed by atoms with van der Waals surface area (Å²) in [7, 11) is 0. The predicted molar refractivity (Wildman–Crippen MR) is 85.3 cm³/mol. The minimum atomic E-state index is 0.631. The monoisotopic (exact) mass is 305 g/mol. The van der Waals surface area contributed by atoms with Crippen LogP contribution in [-0.4, -0.2) is 10.9 Å². The molecule has 0 aliphatic heterocycles. The number of alkyl halides is 1. The van der Waals surface area contributed by atoms with Crippen molar-refractivity contribution in [2.75, 3.05) is 5.88 Å². The van der Waals surface area contributed by atoms with E-state index in [2.05, 4.69) is 29.6 Å². The molecule has 3 aromatic rings. The molecule has 2 aromatic heterocycles. The number of aryl methyl sites for hydroxylation is 1. The average Bonchev–Trinajstić information content (AvgIpc) is 3.08. The largest absolute Gasteiger partial charge is 0.235 e. The van der Waals surface area contributed by atoms with E-state index in [0.29, 0.717) is 5.88 Å². The Kier molecular flexibility index (Phi) is 3.97. The van der Waals surface area contributed by atoms with Crippen LogP contribution in [-0.2, 0) is 6.42 Å². The van der Waals surface area contributed by atoms with E-state index in [1.807, 2.05) is 18.2 Å². The van der Waals surface area contributed by atoms with Gasteiger partial charge in [0.25, 0.3) is 0 Å². The Morgan fingerprint density at radius 3 is 2.58 bits per heavy atom. The van der Waals surface area contributed by atoms with Crippen molar-refractivity contribution in [2.45, 2.75) is 6.42 Å².